The highest BCUT2D eigenvalue weighted by Crippen LogP contribution is 2.25. The average Bonchev–Trinajstić information content (AvgIpc) is 1.60. The van der Waals surface area contributed by atoms with E-state index in [1.165, 1.54) is 6.08 Å². The third-order valence-corrected chi connectivity index (χ3v) is 1.03. The van der Waals surface area contributed by atoms with Crippen LogP contribution < -0.4 is 0 Å². The molecule has 0 heterocycles. The van der Waals surface area contributed by atoms with Crippen molar-refractivity contribution in [1.82, 2.24) is 0 Å². The van der Waals surface area contributed by atoms with Gasteiger partial charge in [-0.25, -0.2) is 0 Å². The summed E-state index contributed by atoms with van der Waals surface area (Å²) in [5.74, 6) is -0.0402. The molecule has 0 fully saturated rings. The molecule has 0 saturated carbocycles. The highest BCUT2D eigenvalue weighted by atomic mass is 19.4. The maximum Gasteiger partial charge on any atom is 0.412 e. The van der Waals surface area contributed by atoms with Gasteiger partial charge in [0, 0.05) is 5.57 Å². The SMILES string of the molecule is C/C(=C\C(C)C)C(F)(F)F. The van der Waals surface area contributed by atoms with E-state index in [4.69, 9.17) is 0 Å². The molecule has 0 aromatic carbocycles. The molecular formula is C7H11F3. The lowest BCUT2D eigenvalue weighted by atomic mass is 10.1. The van der Waals surface area contributed by atoms with Crippen molar-refractivity contribution < 1.29 is 13.2 Å². The van der Waals surface area contributed by atoms with Crippen LogP contribution in [0.4, 0.5) is 13.2 Å². The van der Waals surface area contributed by atoms with Crippen molar-refractivity contribution in [1.29, 1.82) is 0 Å². The largest absolute Gasteiger partial charge is 0.412 e. The Labute approximate surface area is 58.7 Å². The normalized spacial score (nSPS) is 14.5. The molecular weight excluding hydrogens is 141 g/mol. The molecule has 0 aromatic heterocycles. The number of halogens is 3. The second-order valence-corrected chi connectivity index (χ2v) is 2.59. The van der Waals surface area contributed by atoms with E-state index in [1.807, 2.05) is 0 Å². The molecule has 0 aliphatic rings. The van der Waals surface area contributed by atoms with Crippen LogP contribution >= 0.6 is 0 Å². The van der Waals surface area contributed by atoms with E-state index in [0.29, 0.717) is 0 Å². The molecule has 0 atom stereocenters. The highest BCUT2D eigenvalue weighted by molar-refractivity contribution is 5.05. The van der Waals surface area contributed by atoms with Crippen molar-refractivity contribution in [2.75, 3.05) is 0 Å². The Hall–Kier alpha value is -0.470. The minimum absolute atomic E-state index is 0.0402. The van der Waals surface area contributed by atoms with E-state index in [9.17, 15) is 13.2 Å². The maximum absolute atomic E-state index is 11.7. The summed E-state index contributed by atoms with van der Waals surface area (Å²) in [6.45, 7) is 4.52. The number of hydrogen-bond donors (Lipinski definition) is 0. The number of allylic oxidation sites excluding steroid dienone is 2. The summed E-state index contributed by atoms with van der Waals surface area (Å²) in [4.78, 5) is 0. The van der Waals surface area contributed by atoms with Gasteiger partial charge >= 0.3 is 6.18 Å². The zero-order chi connectivity index (χ0) is 8.36. The van der Waals surface area contributed by atoms with E-state index in [1.54, 1.807) is 13.8 Å². The molecule has 10 heavy (non-hydrogen) atoms. The van der Waals surface area contributed by atoms with Gasteiger partial charge in [-0.15, -0.1) is 0 Å². The van der Waals surface area contributed by atoms with Gasteiger partial charge in [-0.05, 0) is 12.8 Å². The minimum atomic E-state index is -4.15. The van der Waals surface area contributed by atoms with Crippen LogP contribution in [-0.2, 0) is 0 Å². The summed E-state index contributed by atoms with van der Waals surface area (Å²) < 4.78 is 35.2. The first-order chi connectivity index (χ1) is 4.34. The summed E-state index contributed by atoms with van der Waals surface area (Å²) in [6.07, 6.45) is -2.94. The zero-order valence-electron chi connectivity index (χ0n) is 6.29. The van der Waals surface area contributed by atoms with Gasteiger partial charge in [0.15, 0.2) is 0 Å². The fraction of sp³-hybridized carbons (Fsp3) is 0.714. The summed E-state index contributed by atoms with van der Waals surface area (Å²) in [5, 5.41) is 0. The molecule has 3 heteroatoms. The third kappa shape index (κ3) is 3.54. The maximum atomic E-state index is 11.7. The summed E-state index contributed by atoms with van der Waals surface area (Å²) in [6, 6.07) is 0. The van der Waals surface area contributed by atoms with Crippen LogP contribution in [-0.4, -0.2) is 6.18 Å². The third-order valence-electron chi connectivity index (χ3n) is 1.03. The van der Waals surface area contributed by atoms with E-state index >= 15 is 0 Å². The van der Waals surface area contributed by atoms with E-state index in [0.717, 1.165) is 6.92 Å². The van der Waals surface area contributed by atoms with E-state index in [2.05, 4.69) is 0 Å². The summed E-state index contributed by atoms with van der Waals surface area (Å²) >= 11 is 0. The fourth-order valence-electron chi connectivity index (χ4n) is 0.594. The van der Waals surface area contributed by atoms with Crippen molar-refractivity contribution in [3.63, 3.8) is 0 Å². The first-order valence-electron chi connectivity index (χ1n) is 3.09. The topological polar surface area (TPSA) is 0 Å². The standard InChI is InChI=1S/C7H11F3/c1-5(2)4-6(3)7(8,9)10/h4-5H,1-3H3/b6-4+. The number of rotatable bonds is 1. The first-order valence-corrected chi connectivity index (χ1v) is 3.09. The molecule has 0 saturated heterocycles. The van der Waals surface area contributed by atoms with Crippen LogP contribution in [0.2, 0.25) is 0 Å². The van der Waals surface area contributed by atoms with Crippen LogP contribution in [0.5, 0.6) is 0 Å². The van der Waals surface area contributed by atoms with Gasteiger partial charge in [0.2, 0.25) is 0 Å². The lowest BCUT2D eigenvalue weighted by Gasteiger charge is -2.06. The van der Waals surface area contributed by atoms with Crippen molar-refractivity contribution in [3.8, 4) is 0 Å². The van der Waals surface area contributed by atoms with Crippen LogP contribution in [0.1, 0.15) is 20.8 Å². The molecule has 0 amide bonds. The lowest BCUT2D eigenvalue weighted by molar-refractivity contribution is -0.0917. The number of alkyl halides is 3. The zero-order valence-corrected chi connectivity index (χ0v) is 6.29. The molecule has 0 unspecified atom stereocenters. The Bertz CT molecular complexity index is 130. The first kappa shape index (κ1) is 9.53. The Balaban J connectivity index is 4.20. The van der Waals surface area contributed by atoms with Crippen molar-refractivity contribution in [2.24, 2.45) is 5.92 Å². The highest BCUT2D eigenvalue weighted by Gasteiger charge is 2.29. The molecule has 0 bridgehead atoms. The summed E-state index contributed by atoms with van der Waals surface area (Å²) in [7, 11) is 0. The van der Waals surface area contributed by atoms with Gasteiger partial charge in [0.05, 0.1) is 0 Å². The average molecular weight is 152 g/mol. The second kappa shape index (κ2) is 3.08. The molecule has 0 aliphatic carbocycles. The lowest BCUT2D eigenvalue weighted by Crippen LogP contribution is -2.09. The molecule has 60 valence electrons. The predicted molar refractivity (Wildman–Crippen MR) is 34.6 cm³/mol. The summed E-state index contributed by atoms with van der Waals surface area (Å²) in [5.41, 5.74) is -0.512. The second-order valence-electron chi connectivity index (χ2n) is 2.59. The van der Waals surface area contributed by atoms with Crippen LogP contribution in [0.25, 0.3) is 0 Å². The molecule has 0 rings (SSSR count). The molecule has 0 radical (unpaired) electrons. The smallest absolute Gasteiger partial charge is 0.167 e. The van der Waals surface area contributed by atoms with Crippen molar-refractivity contribution in [3.05, 3.63) is 11.6 Å². The Kier molecular flexibility index (Phi) is 2.94. The van der Waals surface area contributed by atoms with Gasteiger partial charge < -0.3 is 0 Å². The van der Waals surface area contributed by atoms with Crippen LogP contribution in [0.3, 0.4) is 0 Å². The van der Waals surface area contributed by atoms with Crippen molar-refractivity contribution >= 4 is 0 Å². The molecule has 0 spiro atoms. The minimum Gasteiger partial charge on any atom is -0.167 e. The molecule has 0 nitrogen and oxygen atoms in total. The van der Waals surface area contributed by atoms with Gasteiger partial charge in [-0.3, -0.25) is 0 Å². The predicted octanol–water partition coefficient (Wildman–Crippen LogP) is 3.15. The Morgan fingerprint density at radius 1 is 1.30 bits per heavy atom. The fourth-order valence-corrected chi connectivity index (χ4v) is 0.594. The Morgan fingerprint density at radius 2 is 1.70 bits per heavy atom. The monoisotopic (exact) mass is 152 g/mol. The van der Waals surface area contributed by atoms with E-state index < -0.39 is 11.7 Å². The molecule has 0 aliphatic heterocycles. The van der Waals surface area contributed by atoms with Crippen molar-refractivity contribution in [2.45, 2.75) is 26.9 Å². The van der Waals surface area contributed by atoms with E-state index in [-0.39, 0.29) is 5.92 Å². The quantitative estimate of drug-likeness (QED) is 0.506. The number of hydrogen-bond acceptors (Lipinski definition) is 0. The van der Waals surface area contributed by atoms with Gasteiger partial charge in [0.1, 0.15) is 0 Å². The van der Waals surface area contributed by atoms with Gasteiger partial charge in [0.25, 0.3) is 0 Å². The van der Waals surface area contributed by atoms with Gasteiger partial charge in [-0.1, -0.05) is 19.9 Å². The van der Waals surface area contributed by atoms with Crippen LogP contribution in [0.15, 0.2) is 11.6 Å². The van der Waals surface area contributed by atoms with Crippen LogP contribution in [0, 0.1) is 5.92 Å². The van der Waals surface area contributed by atoms with Gasteiger partial charge in [-0.2, -0.15) is 13.2 Å². The Morgan fingerprint density at radius 3 is 1.80 bits per heavy atom. The molecule has 0 aromatic rings. The molecule has 0 N–H and O–H groups in total.